The third-order valence-electron chi connectivity index (χ3n) is 4.31. The van der Waals surface area contributed by atoms with E-state index >= 15 is 0 Å². The maximum Gasteiger partial charge on any atom is 0.256 e. The predicted molar refractivity (Wildman–Crippen MR) is 103 cm³/mol. The molecule has 0 unspecified atom stereocenters. The Kier molecular flexibility index (Phi) is 4.53. The SMILES string of the molecule is CN(Cc1cnn(-c2ccccc2)c1)C(=O)c1ccccc1-n1cccn1. The van der Waals surface area contributed by atoms with Crippen molar-refractivity contribution in [3.63, 3.8) is 0 Å². The largest absolute Gasteiger partial charge is 0.337 e. The minimum Gasteiger partial charge on any atom is -0.337 e. The molecule has 134 valence electrons. The van der Waals surface area contributed by atoms with Crippen molar-refractivity contribution in [2.24, 2.45) is 0 Å². The molecule has 0 aliphatic heterocycles. The molecule has 2 aromatic heterocycles. The Bertz CT molecular complexity index is 1040. The Labute approximate surface area is 157 Å². The van der Waals surface area contributed by atoms with Crippen LogP contribution >= 0.6 is 0 Å². The highest BCUT2D eigenvalue weighted by atomic mass is 16.2. The first kappa shape index (κ1) is 16.8. The van der Waals surface area contributed by atoms with E-state index in [9.17, 15) is 4.79 Å². The molecule has 6 nitrogen and oxygen atoms in total. The molecule has 0 bridgehead atoms. The van der Waals surface area contributed by atoms with E-state index in [-0.39, 0.29) is 5.91 Å². The minimum absolute atomic E-state index is 0.0615. The first-order chi connectivity index (χ1) is 13.2. The summed E-state index contributed by atoms with van der Waals surface area (Å²) < 4.78 is 3.51. The third kappa shape index (κ3) is 3.50. The summed E-state index contributed by atoms with van der Waals surface area (Å²) in [5, 5.41) is 8.64. The molecular weight excluding hydrogens is 338 g/mol. The molecule has 0 radical (unpaired) electrons. The molecule has 2 heterocycles. The lowest BCUT2D eigenvalue weighted by molar-refractivity contribution is 0.0785. The number of amides is 1. The molecular formula is C21H19N5O. The van der Waals surface area contributed by atoms with Gasteiger partial charge in [-0.05, 0) is 30.3 Å². The first-order valence-electron chi connectivity index (χ1n) is 8.66. The first-order valence-corrected chi connectivity index (χ1v) is 8.66. The van der Waals surface area contributed by atoms with Gasteiger partial charge in [0.2, 0.25) is 0 Å². The number of aromatic nitrogens is 4. The summed E-state index contributed by atoms with van der Waals surface area (Å²) in [4.78, 5) is 14.7. The van der Waals surface area contributed by atoms with Crippen LogP contribution in [0.2, 0.25) is 0 Å². The summed E-state index contributed by atoms with van der Waals surface area (Å²) in [5.41, 5.74) is 3.33. The smallest absolute Gasteiger partial charge is 0.256 e. The van der Waals surface area contributed by atoms with Crippen LogP contribution in [0.5, 0.6) is 0 Å². The van der Waals surface area contributed by atoms with Crippen LogP contribution < -0.4 is 0 Å². The number of hydrogen-bond donors (Lipinski definition) is 0. The second-order valence-electron chi connectivity index (χ2n) is 6.26. The van der Waals surface area contributed by atoms with Crippen molar-refractivity contribution in [1.29, 1.82) is 0 Å². The number of carbonyl (C=O) groups excluding carboxylic acids is 1. The van der Waals surface area contributed by atoms with Crippen LogP contribution in [0.4, 0.5) is 0 Å². The standard InChI is InChI=1S/C21H19N5O/c1-24(15-17-14-23-26(16-17)18-8-3-2-4-9-18)21(27)19-10-5-6-11-20(19)25-13-7-12-22-25/h2-14,16H,15H2,1H3. The van der Waals surface area contributed by atoms with Gasteiger partial charge in [0.05, 0.1) is 23.1 Å². The van der Waals surface area contributed by atoms with E-state index < -0.39 is 0 Å². The topological polar surface area (TPSA) is 56.0 Å². The van der Waals surface area contributed by atoms with E-state index in [2.05, 4.69) is 10.2 Å². The van der Waals surface area contributed by atoms with Crippen LogP contribution in [0.3, 0.4) is 0 Å². The minimum atomic E-state index is -0.0615. The lowest BCUT2D eigenvalue weighted by Gasteiger charge is -2.18. The summed E-state index contributed by atoms with van der Waals surface area (Å²) in [5.74, 6) is -0.0615. The van der Waals surface area contributed by atoms with E-state index in [1.807, 2.05) is 77.7 Å². The highest BCUT2D eigenvalue weighted by Crippen LogP contribution is 2.17. The van der Waals surface area contributed by atoms with Crippen molar-refractivity contribution in [3.05, 3.63) is 96.6 Å². The van der Waals surface area contributed by atoms with Gasteiger partial charge in [-0.25, -0.2) is 9.36 Å². The van der Waals surface area contributed by atoms with Gasteiger partial charge in [0.25, 0.3) is 5.91 Å². The van der Waals surface area contributed by atoms with E-state index in [0.717, 1.165) is 16.9 Å². The Morgan fingerprint density at radius 2 is 1.74 bits per heavy atom. The van der Waals surface area contributed by atoms with E-state index in [0.29, 0.717) is 12.1 Å². The van der Waals surface area contributed by atoms with Gasteiger partial charge >= 0.3 is 0 Å². The van der Waals surface area contributed by atoms with Crippen molar-refractivity contribution in [3.8, 4) is 11.4 Å². The van der Waals surface area contributed by atoms with Crippen LogP contribution in [-0.2, 0) is 6.54 Å². The van der Waals surface area contributed by atoms with Crippen molar-refractivity contribution in [2.45, 2.75) is 6.54 Å². The molecule has 0 fully saturated rings. The molecule has 0 N–H and O–H groups in total. The maximum atomic E-state index is 13.0. The van der Waals surface area contributed by atoms with Gasteiger partial charge in [-0.2, -0.15) is 10.2 Å². The molecule has 1 amide bonds. The fourth-order valence-electron chi connectivity index (χ4n) is 2.98. The molecule has 0 saturated heterocycles. The Hall–Kier alpha value is -3.67. The van der Waals surface area contributed by atoms with Gasteiger partial charge in [0.15, 0.2) is 0 Å². The van der Waals surface area contributed by atoms with Crippen molar-refractivity contribution >= 4 is 5.91 Å². The monoisotopic (exact) mass is 357 g/mol. The molecule has 4 aromatic rings. The highest BCUT2D eigenvalue weighted by Gasteiger charge is 2.17. The summed E-state index contributed by atoms with van der Waals surface area (Å²) in [6.07, 6.45) is 7.26. The van der Waals surface area contributed by atoms with Crippen molar-refractivity contribution in [2.75, 3.05) is 7.05 Å². The number of benzene rings is 2. The molecule has 0 atom stereocenters. The van der Waals surface area contributed by atoms with Gasteiger partial charge < -0.3 is 4.90 Å². The molecule has 0 aliphatic rings. The molecule has 0 spiro atoms. The normalized spacial score (nSPS) is 10.7. The van der Waals surface area contributed by atoms with Crippen LogP contribution in [0, 0.1) is 0 Å². The van der Waals surface area contributed by atoms with Gasteiger partial charge in [-0.15, -0.1) is 0 Å². The van der Waals surface area contributed by atoms with Gasteiger partial charge in [0, 0.05) is 37.7 Å². The average molecular weight is 357 g/mol. The van der Waals surface area contributed by atoms with Crippen LogP contribution in [0.15, 0.2) is 85.5 Å². The highest BCUT2D eigenvalue weighted by molar-refractivity contribution is 5.97. The van der Waals surface area contributed by atoms with E-state index in [1.54, 1.807) is 29.0 Å². The van der Waals surface area contributed by atoms with Crippen molar-refractivity contribution < 1.29 is 4.79 Å². The summed E-state index contributed by atoms with van der Waals surface area (Å²) in [6.45, 7) is 0.471. The van der Waals surface area contributed by atoms with Gasteiger partial charge in [-0.1, -0.05) is 30.3 Å². The Morgan fingerprint density at radius 3 is 2.52 bits per heavy atom. The third-order valence-corrected chi connectivity index (χ3v) is 4.31. The number of carbonyl (C=O) groups is 1. The molecule has 6 heteroatoms. The lowest BCUT2D eigenvalue weighted by atomic mass is 10.1. The molecule has 2 aromatic carbocycles. The second kappa shape index (κ2) is 7.29. The Balaban J connectivity index is 1.54. The van der Waals surface area contributed by atoms with Crippen molar-refractivity contribution in [1.82, 2.24) is 24.5 Å². The summed E-state index contributed by atoms with van der Waals surface area (Å²) in [7, 11) is 1.79. The molecule has 4 rings (SSSR count). The maximum absolute atomic E-state index is 13.0. The zero-order valence-electron chi connectivity index (χ0n) is 14.9. The average Bonchev–Trinajstić information content (AvgIpc) is 3.40. The second-order valence-corrected chi connectivity index (χ2v) is 6.26. The summed E-state index contributed by atoms with van der Waals surface area (Å²) >= 11 is 0. The summed E-state index contributed by atoms with van der Waals surface area (Å²) in [6, 6.07) is 19.2. The van der Waals surface area contributed by atoms with Crippen LogP contribution in [0.25, 0.3) is 11.4 Å². The molecule has 27 heavy (non-hydrogen) atoms. The fraction of sp³-hybridized carbons (Fsp3) is 0.0952. The van der Waals surface area contributed by atoms with Crippen LogP contribution in [0.1, 0.15) is 15.9 Å². The van der Waals surface area contributed by atoms with Gasteiger partial charge in [0.1, 0.15) is 0 Å². The molecule has 0 aliphatic carbocycles. The molecule has 0 saturated carbocycles. The zero-order valence-corrected chi connectivity index (χ0v) is 14.9. The van der Waals surface area contributed by atoms with E-state index in [1.165, 1.54) is 0 Å². The quantitative estimate of drug-likeness (QED) is 0.550. The van der Waals surface area contributed by atoms with Crippen LogP contribution in [-0.4, -0.2) is 37.4 Å². The van der Waals surface area contributed by atoms with Gasteiger partial charge in [-0.3, -0.25) is 4.79 Å². The Morgan fingerprint density at radius 1 is 0.963 bits per heavy atom. The number of hydrogen-bond acceptors (Lipinski definition) is 3. The number of rotatable bonds is 5. The number of nitrogens with zero attached hydrogens (tertiary/aromatic N) is 5. The zero-order chi connectivity index (χ0) is 18.6. The fourth-order valence-corrected chi connectivity index (χ4v) is 2.98. The number of para-hydroxylation sites is 2. The predicted octanol–water partition coefficient (Wildman–Crippen LogP) is 3.33. The lowest BCUT2D eigenvalue weighted by Crippen LogP contribution is -2.27. The van der Waals surface area contributed by atoms with E-state index in [4.69, 9.17) is 0 Å².